The smallest absolute Gasteiger partial charge is 0.200 e. The number of hydrogen-bond donors (Lipinski definition) is 3. The largest absolute Gasteiger partial charge is 0.379 e. The van der Waals surface area contributed by atoms with E-state index in [0.29, 0.717) is 5.56 Å². The quantitative estimate of drug-likeness (QED) is 0.565. The lowest BCUT2D eigenvalue weighted by Crippen LogP contribution is -1.94. The van der Waals surface area contributed by atoms with Crippen LogP contribution in [-0.4, -0.2) is 19.9 Å². The summed E-state index contributed by atoms with van der Waals surface area (Å²) in [5.41, 5.74) is 0.420. The van der Waals surface area contributed by atoms with Crippen molar-refractivity contribution in [1.29, 1.82) is 0 Å². The number of hydrogen-bond acceptors (Lipinski definition) is 4. The van der Waals surface area contributed by atoms with E-state index in [9.17, 15) is 0 Å². The summed E-state index contributed by atoms with van der Waals surface area (Å²) in [5.74, 6) is -1.21. The average molecular weight is 173 g/mol. The molecule has 1 unspecified atom stereocenters. The lowest BCUT2D eigenvalue weighted by molar-refractivity contribution is 0.232. The molecule has 0 aliphatic carbocycles. The maximum absolute atomic E-state index is 9.09. The lowest BCUT2D eigenvalue weighted by atomic mass is 10.3. The van der Waals surface area contributed by atoms with Gasteiger partial charge >= 0.3 is 0 Å². The van der Waals surface area contributed by atoms with E-state index in [0.717, 1.165) is 0 Å². The van der Waals surface area contributed by atoms with Crippen LogP contribution >= 0.6 is 8.38 Å². The molecule has 1 aromatic rings. The van der Waals surface area contributed by atoms with Gasteiger partial charge in [0.1, 0.15) is 5.85 Å². The minimum atomic E-state index is -2.32. The molecule has 0 bridgehead atoms. The molecule has 1 heterocycles. The summed E-state index contributed by atoms with van der Waals surface area (Å²) in [4.78, 5) is 21.0. The summed E-state index contributed by atoms with van der Waals surface area (Å²) >= 11 is 0. The van der Waals surface area contributed by atoms with Crippen LogP contribution < -0.4 is 0 Å². The standard InChI is InChI=1S/C6H8NO3P/c8-6(11(9)10)5-2-1-3-7-4-5/h1-4,6,8-10H. The molecule has 0 saturated carbocycles. The highest BCUT2D eigenvalue weighted by Gasteiger charge is 2.15. The Hall–Kier alpha value is -0.540. The molecule has 0 aromatic carbocycles. The Labute approximate surface area is 65.1 Å². The average Bonchev–Trinajstić information content (AvgIpc) is 2.05. The summed E-state index contributed by atoms with van der Waals surface area (Å²) in [6.45, 7) is 0. The SMILES string of the molecule is OC(c1cccnc1)P(O)O. The predicted octanol–water partition coefficient (Wildman–Crippen LogP) is 0.369. The minimum Gasteiger partial charge on any atom is -0.379 e. The van der Waals surface area contributed by atoms with Gasteiger partial charge in [0.15, 0.2) is 0 Å². The molecular weight excluding hydrogens is 165 g/mol. The minimum absolute atomic E-state index is 0.420. The van der Waals surface area contributed by atoms with E-state index in [4.69, 9.17) is 14.9 Å². The maximum atomic E-state index is 9.09. The van der Waals surface area contributed by atoms with Crippen molar-refractivity contribution in [2.24, 2.45) is 0 Å². The van der Waals surface area contributed by atoms with E-state index in [1.165, 1.54) is 6.20 Å². The molecule has 5 heteroatoms. The van der Waals surface area contributed by atoms with Gasteiger partial charge in [0.05, 0.1) is 0 Å². The van der Waals surface area contributed by atoms with Gasteiger partial charge in [-0.2, -0.15) is 0 Å². The molecule has 1 aromatic heterocycles. The molecule has 0 fully saturated rings. The second-order valence-electron chi connectivity index (χ2n) is 1.98. The third-order valence-electron chi connectivity index (χ3n) is 1.20. The molecule has 0 amide bonds. The van der Waals surface area contributed by atoms with Crippen LogP contribution in [0, 0.1) is 0 Å². The summed E-state index contributed by atoms with van der Waals surface area (Å²) in [5, 5.41) is 9.09. The van der Waals surface area contributed by atoms with Crippen molar-refractivity contribution >= 4 is 8.38 Å². The van der Waals surface area contributed by atoms with Crippen LogP contribution in [0.2, 0.25) is 0 Å². The monoisotopic (exact) mass is 173 g/mol. The fraction of sp³-hybridized carbons (Fsp3) is 0.167. The van der Waals surface area contributed by atoms with Crippen LogP contribution in [0.1, 0.15) is 11.4 Å². The first-order chi connectivity index (χ1) is 5.22. The molecule has 0 aliphatic rings. The van der Waals surface area contributed by atoms with Crippen molar-refractivity contribution in [2.45, 2.75) is 5.85 Å². The van der Waals surface area contributed by atoms with Crippen LogP contribution in [0.3, 0.4) is 0 Å². The van der Waals surface area contributed by atoms with Crippen molar-refractivity contribution in [3.63, 3.8) is 0 Å². The zero-order valence-electron chi connectivity index (χ0n) is 5.62. The molecule has 0 spiro atoms. The van der Waals surface area contributed by atoms with Crippen molar-refractivity contribution in [3.8, 4) is 0 Å². The van der Waals surface area contributed by atoms with E-state index in [2.05, 4.69) is 4.98 Å². The molecular formula is C6H8NO3P. The zero-order chi connectivity index (χ0) is 8.27. The highest BCUT2D eigenvalue weighted by Crippen LogP contribution is 2.40. The molecule has 0 radical (unpaired) electrons. The number of pyridine rings is 1. The second-order valence-corrected chi connectivity index (χ2v) is 3.11. The molecule has 0 saturated heterocycles. The second kappa shape index (κ2) is 3.74. The Kier molecular flexibility index (Phi) is 2.91. The first-order valence-corrected chi connectivity index (χ1v) is 4.28. The van der Waals surface area contributed by atoms with Crippen LogP contribution in [0.15, 0.2) is 24.5 Å². The third kappa shape index (κ3) is 2.20. The number of rotatable bonds is 2. The van der Waals surface area contributed by atoms with Gasteiger partial charge in [0.2, 0.25) is 8.38 Å². The third-order valence-corrected chi connectivity index (χ3v) is 1.94. The summed E-state index contributed by atoms with van der Waals surface area (Å²) in [6.07, 6.45) is 2.94. The normalized spacial score (nSPS) is 13.5. The van der Waals surface area contributed by atoms with Gasteiger partial charge in [0.25, 0.3) is 0 Å². The van der Waals surface area contributed by atoms with Crippen LogP contribution in [-0.2, 0) is 0 Å². The fourth-order valence-corrected chi connectivity index (χ4v) is 1.08. The van der Waals surface area contributed by atoms with E-state index in [-0.39, 0.29) is 0 Å². The highest BCUT2D eigenvalue weighted by molar-refractivity contribution is 7.45. The van der Waals surface area contributed by atoms with Gasteiger partial charge in [-0.25, -0.2) is 0 Å². The Balaban J connectivity index is 2.77. The molecule has 3 N–H and O–H groups in total. The molecule has 0 aliphatic heterocycles. The van der Waals surface area contributed by atoms with Gasteiger partial charge in [-0.15, -0.1) is 0 Å². The van der Waals surface area contributed by atoms with Crippen molar-refractivity contribution in [1.82, 2.24) is 4.98 Å². The molecule has 1 rings (SSSR count). The highest BCUT2D eigenvalue weighted by atomic mass is 31.2. The van der Waals surface area contributed by atoms with Crippen LogP contribution in [0.4, 0.5) is 0 Å². The molecule has 11 heavy (non-hydrogen) atoms. The number of nitrogens with zero attached hydrogens (tertiary/aromatic N) is 1. The molecule has 1 atom stereocenters. The van der Waals surface area contributed by atoms with Crippen molar-refractivity contribution in [2.75, 3.05) is 0 Å². The Morgan fingerprint density at radius 2 is 2.18 bits per heavy atom. The van der Waals surface area contributed by atoms with E-state index >= 15 is 0 Å². The zero-order valence-corrected chi connectivity index (χ0v) is 6.52. The number of aliphatic hydroxyl groups is 1. The molecule has 60 valence electrons. The van der Waals surface area contributed by atoms with Gasteiger partial charge in [-0.3, -0.25) is 4.98 Å². The fourth-order valence-electron chi connectivity index (χ4n) is 0.662. The topological polar surface area (TPSA) is 73.6 Å². The van der Waals surface area contributed by atoms with Crippen molar-refractivity contribution in [3.05, 3.63) is 30.1 Å². The first-order valence-electron chi connectivity index (χ1n) is 2.97. The number of aromatic nitrogens is 1. The summed E-state index contributed by atoms with van der Waals surface area (Å²) < 4.78 is 0. The van der Waals surface area contributed by atoms with Crippen molar-refractivity contribution < 1.29 is 14.9 Å². The van der Waals surface area contributed by atoms with Gasteiger partial charge < -0.3 is 14.9 Å². The predicted molar refractivity (Wildman–Crippen MR) is 40.6 cm³/mol. The van der Waals surface area contributed by atoms with E-state index < -0.39 is 14.2 Å². The van der Waals surface area contributed by atoms with Crippen LogP contribution in [0.5, 0.6) is 0 Å². The number of aliphatic hydroxyl groups excluding tert-OH is 1. The van der Waals surface area contributed by atoms with Gasteiger partial charge in [-0.1, -0.05) is 6.07 Å². The van der Waals surface area contributed by atoms with Gasteiger partial charge in [-0.05, 0) is 6.07 Å². The van der Waals surface area contributed by atoms with E-state index in [1.54, 1.807) is 18.3 Å². The Morgan fingerprint density at radius 1 is 1.45 bits per heavy atom. The maximum Gasteiger partial charge on any atom is 0.200 e. The molecule has 4 nitrogen and oxygen atoms in total. The van der Waals surface area contributed by atoms with Crippen LogP contribution in [0.25, 0.3) is 0 Å². The van der Waals surface area contributed by atoms with Gasteiger partial charge in [0, 0.05) is 18.0 Å². The lowest BCUT2D eigenvalue weighted by Gasteiger charge is -2.09. The first kappa shape index (κ1) is 8.56. The summed E-state index contributed by atoms with van der Waals surface area (Å²) in [6, 6.07) is 3.21. The summed E-state index contributed by atoms with van der Waals surface area (Å²) in [7, 11) is -2.32. The Morgan fingerprint density at radius 3 is 2.64 bits per heavy atom. The van der Waals surface area contributed by atoms with E-state index in [1.807, 2.05) is 0 Å². The Bertz CT molecular complexity index is 216.